The highest BCUT2D eigenvalue weighted by Crippen LogP contribution is 2.14. The van der Waals surface area contributed by atoms with Crippen molar-refractivity contribution in [3.8, 4) is 5.88 Å². The monoisotopic (exact) mass is 243 g/mol. The first-order chi connectivity index (χ1) is 7.51. The van der Waals surface area contributed by atoms with Crippen molar-refractivity contribution in [3.05, 3.63) is 11.8 Å². The summed E-state index contributed by atoms with van der Waals surface area (Å²) < 4.78 is 5.08. The Morgan fingerprint density at radius 1 is 1.44 bits per heavy atom. The number of halogens is 1. The maximum Gasteiger partial charge on any atom is 0.226 e. The van der Waals surface area contributed by atoms with Gasteiger partial charge >= 0.3 is 0 Å². The molecule has 1 N–H and O–H groups in total. The van der Waals surface area contributed by atoms with Crippen LogP contribution in [0.5, 0.6) is 5.88 Å². The van der Waals surface area contributed by atoms with E-state index in [9.17, 15) is 0 Å². The molecule has 0 aliphatic heterocycles. The van der Waals surface area contributed by atoms with Gasteiger partial charge < -0.3 is 10.1 Å². The summed E-state index contributed by atoms with van der Waals surface area (Å²) in [5.74, 6) is 1.16. The first-order valence-corrected chi connectivity index (χ1v) is 5.75. The summed E-state index contributed by atoms with van der Waals surface area (Å²) in [4.78, 5) is 8.50. The quantitative estimate of drug-likeness (QED) is 0.808. The number of methoxy groups -OCH3 is 1. The Hall–Kier alpha value is -1.03. The van der Waals surface area contributed by atoms with Gasteiger partial charge in [0.15, 0.2) is 0 Å². The molecule has 16 heavy (non-hydrogen) atoms. The van der Waals surface area contributed by atoms with Gasteiger partial charge in [-0.1, -0.05) is 0 Å². The van der Waals surface area contributed by atoms with Gasteiger partial charge in [0, 0.05) is 23.2 Å². The van der Waals surface area contributed by atoms with Gasteiger partial charge in [0.05, 0.1) is 7.11 Å². The fourth-order valence-corrected chi connectivity index (χ4v) is 1.74. The number of aromatic nitrogens is 2. The van der Waals surface area contributed by atoms with E-state index in [-0.39, 0.29) is 11.4 Å². The van der Waals surface area contributed by atoms with E-state index in [0.29, 0.717) is 11.8 Å². The molecule has 0 spiro atoms. The van der Waals surface area contributed by atoms with Crippen LogP contribution in [0.1, 0.15) is 26.0 Å². The van der Waals surface area contributed by atoms with E-state index in [4.69, 9.17) is 16.3 Å². The van der Waals surface area contributed by atoms with Gasteiger partial charge in [0.1, 0.15) is 0 Å². The van der Waals surface area contributed by atoms with Crippen molar-refractivity contribution in [1.29, 1.82) is 0 Å². The third-order valence-electron chi connectivity index (χ3n) is 2.09. The maximum absolute atomic E-state index is 5.92. The number of anilines is 1. The standard InChI is InChI=1S/C11H18ClN3O/c1-7(12)5-8(2)13-11-14-9(3)6-10(15-11)16-4/h6-8H,5H2,1-4H3,(H,13,14,15). The van der Waals surface area contributed by atoms with Gasteiger partial charge in [-0.3, -0.25) is 0 Å². The van der Waals surface area contributed by atoms with E-state index in [1.807, 2.05) is 13.8 Å². The molecule has 2 unspecified atom stereocenters. The zero-order valence-electron chi connectivity index (χ0n) is 10.1. The second kappa shape index (κ2) is 5.89. The van der Waals surface area contributed by atoms with E-state index in [1.54, 1.807) is 13.2 Å². The average molecular weight is 244 g/mol. The molecule has 5 heteroatoms. The zero-order chi connectivity index (χ0) is 12.1. The number of hydrogen-bond donors (Lipinski definition) is 1. The third kappa shape index (κ3) is 4.23. The molecule has 4 nitrogen and oxygen atoms in total. The topological polar surface area (TPSA) is 47.0 Å². The minimum absolute atomic E-state index is 0.134. The molecule has 1 rings (SSSR count). The first kappa shape index (κ1) is 13.0. The molecule has 0 aromatic carbocycles. The molecular formula is C11H18ClN3O. The van der Waals surface area contributed by atoms with Gasteiger partial charge in [-0.05, 0) is 27.2 Å². The van der Waals surface area contributed by atoms with E-state index < -0.39 is 0 Å². The van der Waals surface area contributed by atoms with Crippen molar-refractivity contribution in [2.45, 2.75) is 38.6 Å². The first-order valence-electron chi connectivity index (χ1n) is 5.31. The Morgan fingerprint density at radius 2 is 2.12 bits per heavy atom. The number of ether oxygens (including phenoxy) is 1. The number of nitrogens with one attached hydrogen (secondary N) is 1. The molecule has 1 aromatic heterocycles. The Labute approximate surface area is 101 Å². The second-order valence-electron chi connectivity index (χ2n) is 3.94. The molecule has 1 heterocycles. The molecule has 90 valence electrons. The van der Waals surface area contributed by atoms with Crippen LogP contribution in [0, 0.1) is 6.92 Å². The van der Waals surface area contributed by atoms with Crippen LogP contribution in [0.3, 0.4) is 0 Å². The Morgan fingerprint density at radius 3 is 2.69 bits per heavy atom. The SMILES string of the molecule is COc1cc(C)nc(NC(C)CC(C)Cl)n1. The van der Waals surface area contributed by atoms with Crippen LogP contribution in [0.15, 0.2) is 6.07 Å². The molecule has 0 saturated carbocycles. The predicted molar refractivity (Wildman–Crippen MR) is 66.3 cm³/mol. The summed E-state index contributed by atoms with van der Waals surface area (Å²) in [6, 6.07) is 2.03. The lowest BCUT2D eigenvalue weighted by Crippen LogP contribution is -2.20. The summed E-state index contributed by atoms with van der Waals surface area (Å²) in [5, 5.41) is 3.34. The summed E-state index contributed by atoms with van der Waals surface area (Å²) in [5.41, 5.74) is 0.875. The lowest BCUT2D eigenvalue weighted by atomic mass is 10.2. The number of aryl methyl sites for hydroxylation is 1. The van der Waals surface area contributed by atoms with Crippen LogP contribution >= 0.6 is 11.6 Å². The Balaban J connectivity index is 2.69. The van der Waals surface area contributed by atoms with Crippen LogP contribution in [-0.4, -0.2) is 28.5 Å². The number of hydrogen-bond acceptors (Lipinski definition) is 4. The van der Waals surface area contributed by atoms with E-state index >= 15 is 0 Å². The van der Waals surface area contributed by atoms with Crippen molar-refractivity contribution >= 4 is 17.5 Å². The summed E-state index contributed by atoms with van der Waals surface area (Å²) >= 11 is 5.92. The van der Waals surface area contributed by atoms with Crippen molar-refractivity contribution < 1.29 is 4.74 Å². The lowest BCUT2D eigenvalue weighted by Gasteiger charge is -2.15. The minimum atomic E-state index is 0.134. The lowest BCUT2D eigenvalue weighted by molar-refractivity contribution is 0.397. The van der Waals surface area contributed by atoms with Crippen LogP contribution in [0.4, 0.5) is 5.95 Å². The molecule has 0 fully saturated rings. The molecule has 0 amide bonds. The van der Waals surface area contributed by atoms with Gasteiger partial charge in [0.2, 0.25) is 11.8 Å². The van der Waals surface area contributed by atoms with Crippen molar-refractivity contribution in [3.63, 3.8) is 0 Å². The van der Waals surface area contributed by atoms with Crippen LogP contribution in [0.2, 0.25) is 0 Å². The van der Waals surface area contributed by atoms with Crippen molar-refractivity contribution in [1.82, 2.24) is 9.97 Å². The van der Waals surface area contributed by atoms with Crippen molar-refractivity contribution in [2.75, 3.05) is 12.4 Å². The number of nitrogens with zero attached hydrogens (tertiary/aromatic N) is 2. The second-order valence-corrected chi connectivity index (χ2v) is 4.68. The summed E-state index contributed by atoms with van der Waals surface area (Å²) in [7, 11) is 1.59. The molecular weight excluding hydrogens is 226 g/mol. The minimum Gasteiger partial charge on any atom is -0.481 e. The van der Waals surface area contributed by atoms with Gasteiger partial charge in [-0.25, -0.2) is 4.98 Å². The zero-order valence-corrected chi connectivity index (χ0v) is 10.9. The predicted octanol–water partition coefficient (Wildman–Crippen LogP) is 2.61. The summed E-state index contributed by atoms with van der Waals surface area (Å²) in [6.07, 6.45) is 0.862. The van der Waals surface area contributed by atoms with Gasteiger partial charge in [-0.15, -0.1) is 11.6 Å². The molecule has 0 saturated heterocycles. The summed E-state index contributed by atoms with van der Waals surface area (Å²) in [6.45, 7) is 5.93. The highest BCUT2D eigenvalue weighted by Gasteiger charge is 2.09. The molecule has 0 bridgehead atoms. The number of alkyl halides is 1. The smallest absolute Gasteiger partial charge is 0.226 e. The van der Waals surface area contributed by atoms with Gasteiger partial charge in [0.25, 0.3) is 0 Å². The normalized spacial score (nSPS) is 14.3. The highest BCUT2D eigenvalue weighted by atomic mass is 35.5. The van der Waals surface area contributed by atoms with Gasteiger partial charge in [-0.2, -0.15) is 4.98 Å². The molecule has 2 atom stereocenters. The van der Waals surface area contributed by atoms with E-state index in [1.165, 1.54) is 0 Å². The van der Waals surface area contributed by atoms with E-state index in [2.05, 4.69) is 22.2 Å². The largest absolute Gasteiger partial charge is 0.481 e. The number of rotatable bonds is 5. The third-order valence-corrected chi connectivity index (χ3v) is 2.27. The fourth-order valence-electron chi connectivity index (χ4n) is 1.48. The van der Waals surface area contributed by atoms with E-state index in [0.717, 1.165) is 12.1 Å². The Bertz CT molecular complexity index is 344. The fraction of sp³-hybridized carbons (Fsp3) is 0.636. The molecule has 0 radical (unpaired) electrons. The van der Waals surface area contributed by atoms with Crippen molar-refractivity contribution in [2.24, 2.45) is 0 Å². The maximum atomic E-state index is 5.92. The van der Waals surface area contributed by atoms with Crippen LogP contribution in [-0.2, 0) is 0 Å². The molecule has 0 aliphatic carbocycles. The Kier molecular flexibility index (Phi) is 4.80. The average Bonchev–Trinajstić information content (AvgIpc) is 2.14. The molecule has 1 aromatic rings. The van der Waals surface area contributed by atoms with Crippen LogP contribution < -0.4 is 10.1 Å². The molecule has 0 aliphatic rings. The highest BCUT2D eigenvalue weighted by molar-refractivity contribution is 6.20. The van der Waals surface area contributed by atoms with Crippen LogP contribution in [0.25, 0.3) is 0 Å².